The van der Waals surface area contributed by atoms with E-state index in [9.17, 15) is 4.39 Å². The van der Waals surface area contributed by atoms with E-state index in [0.29, 0.717) is 4.47 Å². The van der Waals surface area contributed by atoms with Crippen molar-refractivity contribution in [2.24, 2.45) is 0 Å². The molecule has 7 heteroatoms. The third kappa shape index (κ3) is 3.06. The van der Waals surface area contributed by atoms with E-state index < -0.39 is 5.82 Å². The fourth-order valence-corrected chi connectivity index (χ4v) is 1.56. The van der Waals surface area contributed by atoms with E-state index in [1.165, 1.54) is 18.3 Å². The normalized spacial score (nSPS) is 10.4. The molecule has 0 N–H and O–H groups in total. The molecule has 0 bridgehead atoms. The predicted molar refractivity (Wildman–Crippen MR) is 66.2 cm³/mol. The van der Waals surface area contributed by atoms with Gasteiger partial charge in [0.1, 0.15) is 16.6 Å². The number of hydrogen-bond acceptors (Lipinski definition) is 3. The first-order valence-electron chi connectivity index (χ1n) is 4.37. The molecule has 17 heavy (non-hydrogen) atoms. The second-order valence-electron chi connectivity index (χ2n) is 2.97. The third-order valence-corrected chi connectivity index (χ3v) is 2.87. The first kappa shape index (κ1) is 12.5. The average Bonchev–Trinajstić information content (AvgIpc) is 2.29. The summed E-state index contributed by atoms with van der Waals surface area (Å²) >= 11 is 14.4. The molecule has 0 radical (unpaired) electrons. The van der Waals surface area contributed by atoms with Crippen molar-refractivity contribution in [1.29, 1.82) is 0 Å². The van der Waals surface area contributed by atoms with Crippen LogP contribution >= 0.6 is 39.1 Å². The van der Waals surface area contributed by atoms with Crippen molar-refractivity contribution in [2.75, 3.05) is 0 Å². The van der Waals surface area contributed by atoms with Gasteiger partial charge in [0.15, 0.2) is 0 Å². The zero-order valence-electron chi connectivity index (χ0n) is 8.12. The summed E-state index contributed by atoms with van der Waals surface area (Å²) in [5, 5.41) is 0.194. The zero-order chi connectivity index (χ0) is 12.4. The molecule has 1 aromatic heterocycles. The number of benzene rings is 1. The minimum absolute atomic E-state index is 0.00184. The van der Waals surface area contributed by atoms with Crippen LogP contribution in [0.4, 0.5) is 4.39 Å². The number of hydrogen-bond donors (Lipinski definition) is 0. The standard InChI is InChI=1S/C10H4BrCl2FN2O/c11-6-2-1-5(3-8(6)14)17-9-7(12)4-15-10(13)16-9/h1-4H. The summed E-state index contributed by atoms with van der Waals surface area (Å²) in [6, 6.07) is 4.29. The smallest absolute Gasteiger partial charge is 0.242 e. The van der Waals surface area contributed by atoms with Crippen LogP contribution < -0.4 is 4.74 Å². The number of aromatic nitrogens is 2. The molecule has 0 unspecified atom stereocenters. The quantitative estimate of drug-likeness (QED) is 0.758. The van der Waals surface area contributed by atoms with Crippen LogP contribution in [0.3, 0.4) is 0 Å². The van der Waals surface area contributed by atoms with Crippen LogP contribution in [0.2, 0.25) is 10.3 Å². The Balaban J connectivity index is 2.31. The Hall–Kier alpha value is -0.910. The van der Waals surface area contributed by atoms with Crippen molar-refractivity contribution in [3.8, 4) is 11.6 Å². The minimum atomic E-state index is -0.446. The lowest BCUT2D eigenvalue weighted by Gasteiger charge is -2.06. The Morgan fingerprint density at radius 2 is 2.06 bits per heavy atom. The van der Waals surface area contributed by atoms with Gasteiger partial charge in [-0.2, -0.15) is 4.98 Å². The SMILES string of the molecule is Fc1cc(Oc2nc(Cl)ncc2Cl)ccc1Br. The van der Waals surface area contributed by atoms with Crippen molar-refractivity contribution in [1.82, 2.24) is 9.97 Å². The van der Waals surface area contributed by atoms with Gasteiger partial charge in [0.05, 0.1) is 10.7 Å². The minimum Gasteiger partial charge on any atom is -0.437 e. The first-order valence-corrected chi connectivity index (χ1v) is 5.92. The van der Waals surface area contributed by atoms with Gasteiger partial charge < -0.3 is 4.74 Å². The fraction of sp³-hybridized carbons (Fsp3) is 0. The Bertz CT molecular complexity index is 568. The molecule has 2 rings (SSSR count). The second-order valence-corrected chi connectivity index (χ2v) is 4.57. The first-order chi connectivity index (χ1) is 8.06. The van der Waals surface area contributed by atoms with E-state index in [0.717, 1.165) is 0 Å². The van der Waals surface area contributed by atoms with E-state index in [1.54, 1.807) is 6.07 Å². The lowest BCUT2D eigenvalue weighted by molar-refractivity contribution is 0.456. The molecule has 0 atom stereocenters. The van der Waals surface area contributed by atoms with Crippen molar-refractivity contribution in [2.45, 2.75) is 0 Å². The lowest BCUT2D eigenvalue weighted by atomic mass is 10.3. The predicted octanol–water partition coefficient (Wildman–Crippen LogP) is 4.48. The molecule has 0 saturated carbocycles. The molecule has 0 saturated heterocycles. The maximum absolute atomic E-state index is 13.2. The van der Waals surface area contributed by atoms with Crippen molar-refractivity contribution >= 4 is 39.1 Å². The van der Waals surface area contributed by atoms with Crippen LogP contribution in [0.1, 0.15) is 0 Å². The Kier molecular flexibility index (Phi) is 3.81. The number of rotatable bonds is 2. The summed E-state index contributed by atoms with van der Waals surface area (Å²) in [5.41, 5.74) is 0. The molecule has 2 aromatic rings. The number of halogens is 4. The van der Waals surface area contributed by atoms with Crippen LogP contribution in [0.25, 0.3) is 0 Å². The van der Waals surface area contributed by atoms with Gasteiger partial charge in [-0.05, 0) is 39.7 Å². The largest absolute Gasteiger partial charge is 0.437 e. The molecule has 0 fully saturated rings. The summed E-state index contributed by atoms with van der Waals surface area (Å²) in [5.74, 6) is -0.102. The average molecular weight is 338 g/mol. The molecule has 0 aliphatic heterocycles. The molecule has 3 nitrogen and oxygen atoms in total. The molecule has 0 aliphatic rings. The highest BCUT2D eigenvalue weighted by atomic mass is 79.9. The summed E-state index contributed by atoms with van der Waals surface area (Å²) in [7, 11) is 0. The number of nitrogens with zero attached hydrogens (tertiary/aromatic N) is 2. The summed E-state index contributed by atoms with van der Waals surface area (Å²) in [4.78, 5) is 7.46. The van der Waals surface area contributed by atoms with E-state index >= 15 is 0 Å². The van der Waals surface area contributed by atoms with E-state index in [4.69, 9.17) is 27.9 Å². The lowest BCUT2D eigenvalue weighted by Crippen LogP contribution is -1.92. The van der Waals surface area contributed by atoms with Crippen molar-refractivity contribution in [3.63, 3.8) is 0 Å². The van der Waals surface area contributed by atoms with Gasteiger partial charge in [0.2, 0.25) is 11.2 Å². The monoisotopic (exact) mass is 336 g/mol. The number of ether oxygens (including phenoxy) is 1. The van der Waals surface area contributed by atoms with Crippen LogP contribution in [0.15, 0.2) is 28.9 Å². The van der Waals surface area contributed by atoms with Gasteiger partial charge in [0, 0.05) is 6.07 Å². The van der Waals surface area contributed by atoms with E-state index in [-0.39, 0.29) is 21.9 Å². The summed E-state index contributed by atoms with van der Waals surface area (Å²) < 4.78 is 18.9. The molecular weight excluding hydrogens is 334 g/mol. The highest BCUT2D eigenvalue weighted by Crippen LogP contribution is 2.29. The van der Waals surface area contributed by atoms with Gasteiger partial charge in [-0.25, -0.2) is 9.37 Å². The molecular formula is C10H4BrCl2FN2O. The fourth-order valence-electron chi connectivity index (χ4n) is 1.05. The van der Waals surface area contributed by atoms with Gasteiger partial charge in [-0.3, -0.25) is 0 Å². The molecule has 0 aliphatic carbocycles. The van der Waals surface area contributed by atoms with Crippen molar-refractivity contribution < 1.29 is 9.13 Å². The molecule has 88 valence electrons. The van der Waals surface area contributed by atoms with E-state index in [2.05, 4.69) is 25.9 Å². The van der Waals surface area contributed by atoms with Crippen LogP contribution in [0.5, 0.6) is 11.6 Å². The Morgan fingerprint density at radius 3 is 2.76 bits per heavy atom. The van der Waals surface area contributed by atoms with E-state index in [1.807, 2.05) is 0 Å². The molecule has 0 amide bonds. The third-order valence-electron chi connectivity index (χ3n) is 1.79. The van der Waals surface area contributed by atoms with Crippen LogP contribution in [0, 0.1) is 5.82 Å². The molecule has 1 heterocycles. The maximum atomic E-state index is 13.2. The van der Waals surface area contributed by atoms with Gasteiger partial charge in [-0.1, -0.05) is 11.6 Å². The van der Waals surface area contributed by atoms with Crippen LogP contribution in [-0.2, 0) is 0 Å². The van der Waals surface area contributed by atoms with Gasteiger partial charge >= 0.3 is 0 Å². The highest BCUT2D eigenvalue weighted by molar-refractivity contribution is 9.10. The highest BCUT2D eigenvalue weighted by Gasteiger charge is 2.08. The van der Waals surface area contributed by atoms with Gasteiger partial charge in [-0.15, -0.1) is 0 Å². The van der Waals surface area contributed by atoms with Crippen LogP contribution in [-0.4, -0.2) is 9.97 Å². The Morgan fingerprint density at radius 1 is 1.29 bits per heavy atom. The molecule has 1 aromatic carbocycles. The summed E-state index contributed by atoms with van der Waals surface area (Å²) in [6.07, 6.45) is 1.31. The van der Waals surface area contributed by atoms with Crippen molar-refractivity contribution in [3.05, 3.63) is 45.0 Å². The topological polar surface area (TPSA) is 35.0 Å². The second kappa shape index (κ2) is 5.16. The summed E-state index contributed by atoms with van der Waals surface area (Å²) in [6.45, 7) is 0. The zero-order valence-corrected chi connectivity index (χ0v) is 11.2. The maximum Gasteiger partial charge on any atom is 0.242 e. The Labute approximate surface area is 115 Å². The molecule has 0 spiro atoms. The van der Waals surface area contributed by atoms with Gasteiger partial charge in [0.25, 0.3) is 0 Å².